The van der Waals surface area contributed by atoms with Crippen LogP contribution in [0.25, 0.3) is 0 Å². The minimum Gasteiger partial charge on any atom is -0.372 e. The molecule has 0 atom stereocenters. The van der Waals surface area contributed by atoms with Crippen LogP contribution in [0.5, 0.6) is 0 Å². The van der Waals surface area contributed by atoms with Gasteiger partial charge in [0.15, 0.2) is 5.78 Å². The fourth-order valence-corrected chi connectivity index (χ4v) is 4.77. The Morgan fingerprint density at radius 1 is 1.14 bits per heavy atom. The number of aromatic nitrogens is 1. The third kappa shape index (κ3) is 4.78. The molecule has 6 nitrogen and oxygen atoms in total. The van der Waals surface area contributed by atoms with Crippen molar-refractivity contribution in [2.75, 3.05) is 18.0 Å². The Balaban J connectivity index is 1.72. The molecule has 1 amide bonds. The molecule has 2 aromatic rings. The van der Waals surface area contributed by atoms with Crippen LogP contribution < -0.4 is 15.1 Å². The maximum atomic E-state index is 12.7. The van der Waals surface area contributed by atoms with Crippen molar-refractivity contribution in [1.82, 2.24) is 9.88 Å². The summed E-state index contributed by atoms with van der Waals surface area (Å²) in [5, 5.41) is 3.02. The molecule has 1 N–H and O–H groups in total. The van der Waals surface area contributed by atoms with Crippen molar-refractivity contribution < 1.29 is 9.59 Å². The number of ketones is 1. The SMILES string of the molecule is CCN(CC)c1ccc(C(=O)Cn2c(C)c(C(=O)NC3CCCC3)sc2=O)cc1. The lowest BCUT2D eigenvalue weighted by Gasteiger charge is -2.21. The van der Waals surface area contributed by atoms with Crippen LogP contribution in [0.1, 0.15) is 65.3 Å². The van der Waals surface area contributed by atoms with E-state index in [1.165, 1.54) is 4.57 Å². The van der Waals surface area contributed by atoms with E-state index in [0.29, 0.717) is 16.1 Å². The Labute approximate surface area is 175 Å². The lowest BCUT2D eigenvalue weighted by atomic mass is 10.1. The molecule has 1 aromatic carbocycles. The average Bonchev–Trinajstić information content (AvgIpc) is 3.32. The maximum absolute atomic E-state index is 12.7. The lowest BCUT2D eigenvalue weighted by molar-refractivity contribution is 0.0935. The van der Waals surface area contributed by atoms with E-state index in [-0.39, 0.29) is 29.1 Å². The summed E-state index contributed by atoms with van der Waals surface area (Å²) < 4.78 is 1.41. The maximum Gasteiger partial charge on any atom is 0.308 e. The highest BCUT2D eigenvalue weighted by molar-refractivity contribution is 7.11. The number of thiazole rings is 1. The molecule has 7 heteroatoms. The molecule has 1 aliphatic rings. The molecule has 0 saturated heterocycles. The molecule has 1 aromatic heterocycles. The summed E-state index contributed by atoms with van der Waals surface area (Å²) in [5.74, 6) is -0.340. The summed E-state index contributed by atoms with van der Waals surface area (Å²) in [5.41, 5.74) is 2.19. The molecular weight excluding hydrogens is 386 g/mol. The predicted molar refractivity (Wildman–Crippen MR) is 117 cm³/mol. The molecule has 0 aliphatic heterocycles. The first-order valence-electron chi connectivity index (χ1n) is 10.3. The summed E-state index contributed by atoms with van der Waals surface area (Å²) in [4.78, 5) is 40.1. The van der Waals surface area contributed by atoms with Crippen molar-refractivity contribution in [2.24, 2.45) is 0 Å². The van der Waals surface area contributed by atoms with E-state index in [1.54, 1.807) is 19.1 Å². The molecule has 0 spiro atoms. The molecule has 0 bridgehead atoms. The zero-order chi connectivity index (χ0) is 21.0. The number of carbonyl (C=O) groups is 2. The van der Waals surface area contributed by atoms with Crippen LogP contribution in [-0.2, 0) is 6.54 Å². The van der Waals surface area contributed by atoms with Crippen molar-refractivity contribution in [2.45, 2.75) is 59.0 Å². The molecule has 1 aliphatic carbocycles. The summed E-state index contributed by atoms with van der Waals surface area (Å²) in [6.45, 7) is 7.67. The second-order valence-corrected chi connectivity index (χ2v) is 8.43. The van der Waals surface area contributed by atoms with E-state index in [1.807, 2.05) is 12.1 Å². The highest BCUT2D eigenvalue weighted by Gasteiger charge is 2.23. The quantitative estimate of drug-likeness (QED) is 0.669. The summed E-state index contributed by atoms with van der Waals surface area (Å²) in [6, 6.07) is 7.67. The number of Topliss-reactive ketones (excluding diaryl/α,β-unsaturated/α-hetero) is 1. The highest BCUT2D eigenvalue weighted by Crippen LogP contribution is 2.20. The van der Waals surface area contributed by atoms with E-state index in [4.69, 9.17) is 0 Å². The number of carbonyl (C=O) groups excluding carboxylic acids is 2. The van der Waals surface area contributed by atoms with Gasteiger partial charge in [-0.05, 0) is 57.9 Å². The van der Waals surface area contributed by atoms with E-state index in [9.17, 15) is 14.4 Å². The van der Waals surface area contributed by atoms with Crippen LogP contribution in [0.3, 0.4) is 0 Å². The normalized spacial score (nSPS) is 14.2. The van der Waals surface area contributed by atoms with Gasteiger partial charge in [0.1, 0.15) is 4.88 Å². The summed E-state index contributed by atoms with van der Waals surface area (Å²) in [6.07, 6.45) is 4.23. The second-order valence-electron chi connectivity index (χ2n) is 7.47. The molecular formula is C22H29N3O3S. The Morgan fingerprint density at radius 2 is 1.76 bits per heavy atom. The van der Waals surface area contributed by atoms with Crippen LogP contribution in [0.2, 0.25) is 0 Å². The zero-order valence-corrected chi connectivity index (χ0v) is 18.2. The molecule has 1 saturated carbocycles. The van der Waals surface area contributed by atoms with E-state index in [0.717, 1.165) is 55.8 Å². The number of rotatable bonds is 8. The molecule has 156 valence electrons. The number of hydrogen-bond acceptors (Lipinski definition) is 5. The van der Waals surface area contributed by atoms with Gasteiger partial charge < -0.3 is 10.2 Å². The fourth-order valence-electron chi connectivity index (χ4n) is 3.87. The van der Waals surface area contributed by atoms with Crippen molar-refractivity contribution in [3.05, 3.63) is 50.1 Å². The van der Waals surface area contributed by atoms with Gasteiger partial charge in [-0.15, -0.1) is 0 Å². The van der Waals surface area contributed by atoms with E-state index in [2.05, 4.69) is 24.1 Å². The van der Waals surface area contributed by atoms with Crippen LogP contribution in [0.15, 0.2) is 29.1 Å². The van der Waals surface area contributed by atoms with Gasteiger partial charge in [-0.2, -0.15) is 0 Å². The molecule has 0 unspecified atom stereocenters. The van der Waals surface area contributed by atoms with E-state index < -0.39 is 0 Å². The Kier molecular flexibility index (Phi) is 6.90. The lowest BCUT2D eigenvalue weighted by Crippen LogP contribution is -2.32. The molecule has 1 fully saturated rings. The minimum atomic E-state index is -0.271. The van der Waals surface area contributed by atoms with Gasteiger partial charge in [-0.3, -0.25) is 19.0 Å². The third-order valence-corrected chi connectivity index (χ3v) is 6.74. The molecule has 3 rings (SSSR count). The number of benzene rings is 1. The smallest absolute Gasteiger partial charge is 0.308 e. The van der Waals surface area contributed by atoms with Gasteiger partial charge in [0.25, 0.3) is 5.91 Å². The summed E-state index contributed by atoms with van der Waals surface area (Å²) in [7, 11) is 0. The first-order valence-corrected chi connectivity index (χ1v) is 11.2. The van der Waals surface area contributed by atoms with Gasteiger partial charge in [0.05, 0.1) is 6.54 Å². The zero-order valence-electron chi connectivity index (χ0n) is 17.4. The number of hydrogen-bond donors (Lipinski definition) is 1. The molecule has 0 radical (unpaired) electrons. The fraction of sp³-hybridized carbons (Fsp3) is 0.500. The van der Waals surface area contributed by atoms with Crippen LogP contribution in [-0.4, -0.2) is 35.4 Å². The van der Waals surface area contributed by atoms with E-state index >= 15 is 0 Å². The number of nitrogens with zero attached hydrogens (tertiary/aromatic N) is 2. The topological polar surface area (TPSA) is 71.4 Å². The predicted octanol–water partition coefficient (Wildman–Crippen LogP) is 3.62. The first kappa shape index (κ1) is 21.3. The minimum absolute atomic E-state index is 0.0531. The number of nitrogens with one attached hydrogen (secondary N) is 1. The van der Waals surface area contributed by atoms with Gasteiger partial charge >= 0.3 is 4.87 Å². The van der Waals surface area contributed by atoms with Crippen molar-refractivity contribution in [3.8, 4) is 0 Å². The van der Waals surface area contributed by atoms with Gasteiger partial charge in [0, 0.05) is 36.1 Å². The van der Waals surface area contributed by atoms with Gasteiger partial charge in [-0.25, -0.2) is 0 Å². The van der Waals surface area contributed by atoms with Crippen LogP contribution >= 0.6 is 11.3 Å². The van der Waals surface area contributed by atoms with Crippen LogP contribution in [0.4, 0.5) is 5.69 Å². The van der Waals surface area contributed by atoms with Crippen molar-refractivity contribution in [3.63, 3.8) is 0 Å². The Bertz CT molecular complexity index is 920. The largest absolute Gasteiger partial charge is 0.372 e. The Hall–Kier alpha value is -2.41. The first-order chi connectivity index (χ1) is 13.9. The van der Waals surface area contributed by atoms with Crippen LogP contribution in [0, 0.1) is 6.92 Å². The second kappa shape index (κ2) is 9.39. The van der Waals surface area contributed by atoms with Gasteiger partial charge in [0.2, 0.25) is 0 Å². The standard InChI is InChI=1S/C22H29N3O3S/c1-4-24(5-2)18-12-10-16(11-13-18)19(26)14-25-15(3)20(29-22(25)28)21(27)23-17-8-6-7-9-17/h10-13,17H,4-9,14H2,1-3H3,(H,23,27). The highest BCUT2D eigenvalue weighted by atomic mass is 32.1. The van der Waals surface area contributed by atoms with Gasteiger partial charge in [-0.1, -0.05) is 24.2 Å². The van der Waals surface area contributed by atoms with Crippen molar-refractivity contribution >= 4 is 28.7 Å². The number of amides is 1. The average molecular weight is 416 g/mol. The van der Waals surface area contributed by atoms with Crippen molar-refractivity contribution in [1.29, 1.82) is 0 Å². The Morgan fingerprint density at radius 3 is 2.34 bits per heavy atom. The molecule has 1 heterocycles. The third-order valence-electron chi connectivity index (χ3n) is 5.66. The summed E-state index contributed by atoms with van der Waals surface area (Å²) >= 11 is 0.918. The number of anilines is 1. The molecule has 29 heavy (non-hydrogen) atoms. The monoisotopic (exact) mass is 415 g/mol.